The third-order valence-corrected chi connectivity index (χ3v) is 5.12. The third-order valence-electron chi connectivity index (χ3n) is 4.86. The van der Waals surface area contributed by atoms with Crippen molar-refractivity contribution < 1.29 is 4.79 Å². The van der Waals surface area contributed by atoms with Crippen molar-refractivity contribution in [1.82, 2.24) is 20.2 Å². The summed E-state index contributed by atoms with van der Waals surface area (Å²) < 4.78 is 0. The highest BCUT2D eigenvalue weighted by atomic mass is 35.5. The summed E-state index contributed by atoms with van der Waals surface area (Å²) in [5, 5.41) is 7.93. The molecule has 3 aromatic rings. The minimum atomic E-state index is -0.0726. The minimum absolute atomic E-state index is 0.0726. The number of aromatic amines is 1. The van der Waals surface area contributed by atoms with Gasteiger partial charge in [0, 0.05) is 35.4 Å². The van der Waals surface area contributed by atoms with Crippen molar-refractivity contribution >= 4 is 23.5 Å². The van der Waals surface area contributed by atoms with Gasteiger partial charge in [0.15, 0.2) is 5.82 Å². The van der Waals surface area contributed by atoms with Crippen LogP contribution in [0.1, 0.15) is 24.8 Å². The molecule has 0 unspecified atom stereocenters. The molecule has 0 bridgehead atoms. The molecule has 0 aliphatic carbocycles. The standard InChI is InChI=1S/C20H20ClN5O/c21-17-6-4-14(5-7-17)13-16-3-1-2-12-26(19(16)27)20-23-18(24-25-20)15-8-10-22-11-9-15/h4-11,16H,1-3,12-13H2,(H,23,24,25)/t16-/m1/s1. The molecule has 0 radical (unpaired) electrons. The quantitative estimate of drug-likeness (QED) is 0.743. The fourth-order valence-corrected chi connectivity index (χ4v) is 3.55. The number of nitrogens with zero attached hydrogens (tertiary/aromatic N) is 4. The number of carbonyl (C=O) groups excluding carboxylic acids is 1. The summed E-state index contributed by atoms with van der Waals surface area (Å²) in [4.78, 5) is 23.4. The Morgan fingerprint density at radius 1 is 1.11 bits per heavy atom. The van der Waals surface area contributed by atoms with Crippen LogP contribution in [0.2, 0.25) is 5.02 Å². The van der Waals surface area contributed by atoms with Crippen LogP contribution in [0.5, 0.6) is 0 Å². The van der Waals surface area contributed by atoms with Gasteiger partial charge in [0.1, 0.15) is 0 Å². The van der Waals surface area contributed by atoms with Gasteiger partial charge in [-0.25, -0.2) is 0 Å². The van der Waals surface area contributed by atoms with Gasteiger partial charge < -0.3 is 0 Å². The average molecular weight is 382 g/mol. The van der Waals surface area contributed by atoms with Gasteiger partial charge in [-0.15, -0.1) is 5.10 Å². The van der Waals surface area contributed by atoms with E-state index in [4.69, 9.17) is 11.6 Å². The van der Waals surface area contributed by atoms with Gasteiger partial charge in [-0.1, -0.05) is 30.2 Å². The molecule has 1 aromatic carbocycles. The molecule has 27 heavy (non-hydrogen) atoms. The molecular formula is C20H20ClN5O. The van der Waals surface area contributed by atoms with E-state index in [2.05, 4.69) is 20.2 Å². The molecule has 1 saturated heterocycles. The molecule has 6 nitrogen and oxygen atoms in total. The maximum Gasteiger partial charge on any atom is 0.251 e. The van der Waals surface area contributed by atoms with E-state index in [1.54, 1.807) is 17.3 Å². The van der Waals surface area contributed by atoms with Gasteiger partial charge in [-0.05, 0) is 49.1 Å². The van der Waals surface area contributed by atoms with E-state index in [9.17, 15) is 4.79 Å². The topological polar surface area (TPSA) is 74.8 Å². The summed E-state index contributed by atoms with van der Waals surface area (Å²) in [6.07, 6.45) is 6.95. The molecule has 1 fully saturated rings. The van der Waals surface area contributed by atoms with Crippen LogP contribution in [-0.2, 0) is 11.2 Å². The summed E-state index contributed by atoms with van der Waals surface area (Å²) in [6, 6.07) is 11.4. The summed E-state index contributed by atoms with van der Waals surface area (Å²) in [7, 11) is 0. The van der Waals surface area contributed by atoms with E-state index in [-0.39, 0.29) is 11.8 Å². The largest absolute Gasteiger partial charge is 0.279 e. The second-order valence-electron chi connectivity index (χ2n) is 6.73. The second kappa shape index (κ2) is 7.88. The molecule has 0 spiro atoms. The molecule has 1 aliphatic heterocycles. The van der Waals surface area contributed by atoms with Crippen molar-refractivity contribution in [3.8, 4) is 11.4 Å². The number of amides is 1. The Balaban J connectivity index is 1.54. The zero-order valence-corrected chi connectivity index (χ0v) is 15.6. The normalized spacial score (nSPS) is 17.7. The Bertz CT molecular complexity index is 910. The number of nitrogens with one attached hydrogen (secondary N) is 1. The first-order chi connectivity index (χ1) is 13.2. The van der Waals surface area contributed by atoms with Crippen LogP contribution in [0.4, 0.5) is 5.95 Å². The zero-order valence-electron chi connectivity index (χ0n) is 14.8. The highest BCUT2D eigenvalue weighted by Crippen LogP contribution is 2.26. The van der Waals surface area contributed by atoms with Gasteiger partial charge >= 0.3 is 0 Å². The number of benzene rings is 1. The van der Waals surface area contributed by atoms with Gasteiger partial charge in [-0.2, -0.15) is 4.98 Å². The molecule has 1 N–H and O–H groups in total. The highest BCUT2D eigenvalue weighted by molar-refractivity contribution is 6.30. The number of halogens is 1. The monoisotopic (exact) mass is 381 g/mol. The number of hydrogen-bond donors (Lipinski definition) is 1. The summed E-state index contributed by atoms with van der Waals surface area (Å²) in [5.41, 5.74) is 2.01. The van der Waals surface area contributed by atoms with E-state index in [1.807, 2.05) is 36.4 Å². The van der Waals surface area contributed by atoms with Crippen LogP contribution in [0.25, 0.3) is 11.4 Å². The number of aromatic nitrogens is 4. The van der Waals surface area contributed by atoms with Crippen LogP contribution in [-0.4, -0.2) is 32.6 Å². The highest BCUT2D eigenvalue weighted by Gasteiger charge is 2.30. The number of carbonyl (C=O) groups is 1. The molecular weight excluding hydrogens is 362 g/mol. The van der Waals surface area contributed by atoms with Crippen LogP contribution in [0, 0.1) is 5.92 Å². The first-order valence-electron chi connectivity index (χ1n) is 9.09. The molecule has 4 rings (SSSR count). The number of hydrogen-bond acceptors (Lipinski definition) is 4. The summed E-state index contributed by atoms with van der Waals surface area (Å²) in [6.45, 7) is 0.642. The van der Waals surface area contributed by atoms with Crippen molar-refractivity contribution in [2.75, 3.05) is 11.4 Å². The third kappa shape index (κ3) is 4.01. The maximum absolute atomic E-state index is 13.2. The first-order valence-corrected chi connectivity index (χ1v) is 9.47. The smallest absolute Gasteiger partial charge is 0.251 e. The lowest BCUT2D eigenvalue weighted by Gasteiger charge is -2.21. The molecule has 7 heteroatoms. The lowest BCUT2D eigenvalue weighted by Crippen LogP contribution is -2.36. The van der Waals surface area contributed by atoms with Gasteiger partial charge in [0.05, 0.1) is 0 Å². The lowest BCUT2D eigenvalue weighted by molar-refractivity contribution is -0.122. The van der Waals surface area contributed by atoms with Crippen molar-refractivity contribution in [3.05, 3.63) is 59.4 Å². The molecule has 1 amide bonds. The Morgan fingerprint density at radius 3 is 2.67 bits per heavy atom. The maximum atomic E-state index is 13.2. The Labute approximate surface area is 162 Å². The SMILES string of the molecule is O=C1[C@@H](Cc2ccc(Cl)cc2)CCCCN1c1n[nH]c(-c2ccncc2)n1. The fraction of sp³-hybridized carbons (Fsp3) is 0.300. The molecule has 3 heterocycles. The van der Waals surface area contributed by atoms with Crippen molar-refractivity contribution in [1.29, 1.82) is 0 Å². The van der Waals surface area contributed by atoms with E-state index < -0.39 is 0 Å². The summed E-state index contributed by atoms with van der Waals surface area (Å²) >= 11 is 5.97. The van der Waals surface area contributed by atoms with Crippen molar-refractivity contribution in [2.24, 2.45) is 5.92 Å². The van der Waals surface area contributed by atoms with Crippen LogP contribution in [0.15, 0.2) is 48.8 Å². The van der Waals surface area contributed by atoms with Crippen molar-refractivity contribution in [3.63, 3.8) is 0 Å². The first kappa shape index (κ1) is 17.7. The predicted molar refractivity (Wildman–Crippen MR) is 104 cm³/mol. The minimum Gasteiger partial charge on any atom is -0.279 e. The van der Waals surface area contributed by atoms with Crippen LogP contribution in [0.3, 0.4) is 0 Å². The molecule has 1 atom stereocenters. The van der Waals surface area contributed by atoms with E-state index >= 15 is 0 Å². The van der Waals surface area contributed by atoms with E-state index in [0.717, 1.165) is 30.4 Å². The predicted octanol–water partition coefficient (Wildman–Crippen LogP) is 3.90. The Hall–Kier alpha value is -2.73. The average Bonchev–Trinajstić information content (AvgIpc) is 3.11. The van der Waals surface area contributed by atoms with Gasteiger partial charge in [0.2, 0.25) is 5.91 Å². The van der Waals surface area contributed by atoms with Crippen LogP contribution < -0.4 is 4.90 Å². The number of H-pyrrole nitrogens is 1. The number of anilines is 1. The second-order valence-corrected chi connectivity index (χ2v) is 7.17. The van der Waals surface area contributed by atoms with E-state index in [0.29, 0.717) is 29.8 Å². The molecule has 0 saturated carbocycles. The van der Waals surface area contributed by atoms with E-state index in [1.165, 1.54) is 0 Å². The zero-order chi connectivity index (χ0) is 18.6. The van der Waals surface area contributed by atoms with Gasteiger partial charge in [-0.3, -0.25) is 19.8 Å². The Kier molecular flexibility index (Phi) is 5.16. The number of pyridine rings is 1. The van der Waals surface area contributed by atoms with Gasteiger partial charge in [0.25, 0.3) is 5.95 Å². The number of rotatable bonds is 4. The fourth-order valence-electron chi connectivity index (χ4n) is 3.42. The lowest BCUT2D eigenvalue weighted by atomic mass is 9.94. The van der Waals surface area contributed by atoms with Crippen molar-refractivity contribution in [2.45, 2.75) is 25.7 Å². The Morgan fingerprint density at radius 2 is 1.89 bits per heavy atom. The summed E-state index contributed by atoms with van der Waals surface area (Å²) in [5.74, 6) is 1.09. The molecule has 1 aliphatic rings. The van der Waals surface area contributed by atoms with Crippen LogP contribution >= 0.6 is 11.6 Å². The molecule has 138 valence electrons. The molecule has 2 aromatic heterocycles.